The number of pyridine rings is 1. The summed E-state index contributed by atoms with van der Waals surface area (Å²) in [6, 6.07) is 1.59. The number of ether oxygens (including phenoxy) is 1. The van der Waals surface area contributed by atoms with Crippen LogP contribution in [0.1, 0.15) is 32.3 Å². The van der Waals surface area contributed by atoms with Gasteiger partial charge in [-0.05, 0) is 45.8 Å². The van der Waals surface area contributed by atoms with Crippen LogP contribution in [0.3, 0.4) is 0 Å². The van der Waals surface area contributed by atoms with Crippen molar-refractivity contribution < 1.29 is 9.13 Å². The van der Waals surface area contributed by atoms with Crippen LogP contribution in [0, 0.1) is 0 Å². The quantitative estimate of drug-likeness (QED) is 0.918. The predicted octanol–water partition coefficient (Wildman–Crippen LogP) is 3.07. The molecule has 100 valence electrons. The largest absolute Gasteiger partial charge is 0.473 e. The van der Waals surface area contributed by atoms with Gasteiger partial charge in [0, 0.05) is 11.8 Å². The predicted molar refractivity (Wildman–Crippen MR) is 69.9 cm³/mol. The van der Waals surface area contributed by atoms with Gasteiger partial charge in [0.1, 0.15) is 16.8 Å². The molecule has 0 radical (unpaired) electrons. The fourth-order valence-electron chi connectivity index (χ4n) is 1.91. The van der Waals surface area contributed by atoms with E-state index < -0.39 is 5.67 Å². The van der Waals surface area contributed by atoms with Crippen LogP contribution in [0.25, 0.3) is 0 Å². The average Bonchev–Trinajstić information content (AvgIpc) is 2.32. The number of aromatic nitrogens is 1. The van der Waals surface area contributed by atoms with Crippen LogP contribution >= 0.6 is 11.6 Å². The Bertz CT molecular complexity index is 414. The Morgan fingerprint density at radius 3 is 2.67 bits per heavy atom. The first-order valence-corrected chi connectivity index (χ1v) is 6.57. The van der Waals surface area contributed by atoms with Crippen molar-refractivity contribution in [2.24, 2.45) is 0 Å². The standard InChI is InChI=1S/C13H18ClFN2O/c1-13(2,15)9-7-11(14)12(17-8-9)18-10-3-5-16-6-4-10/h7-8,10,16H,3-6H2,1-2H3. The summed E-state index contributed by atoms with van der Waals surface area (Å²) in [5.41, 5.74) is -0.977. The first-order valence-electron chi connectivity index (χ1n) is 6.19. The number of nitrogens with zero attached hydrogens (tertiary/aromatic N) is 1. The van der Waals surface area contributed by atoms with E-state index in [1.54, 1.807) is 6.07 Å². The van der Waals surface area contributed by atoms with Gasteiger partial charge in [0.05, 0.1) is 0 Å². The molecule has 1 aliphatic rings. The molecular formula is C13H18ClFN2O. The van der Waals surface area contributed by atoms with Crippen LogP contribution in [-0.4, -0.2) is 24.2 Å². The second-order valence-corrected chi connectivity index (χ2v) is 5.46. The summed E-state index contributed by atoms with van der Waals surface area (Å²) in [7, 11) is 0. The third-order valence-corrected chi connectivity index (χ3v) is 3.33. The molecule has 0 aromatic carbocycles. The number of hydrogen-bond donors (Lipinski definition) is 1. The van der Waals surface area contributed by atoms with Crippen molar-refractivity contribution >= 4 is 11.6 Å². The lowest BCUT2D eigenvalue weighted by atomic mass is 10.0. The van der Waals surface area contributed by atoms with Crippen LogP contribution < -0.4 is 10.1 Å². The minimum atomic E-state index is -1.44. The van der Waals surface area contributed by atoms with E-state index in [4.69, 9.17) is 16.3 Å². The highest BCUT2D eigenvalue weighted by Crippen LogP contribution is 2.31. The molecule has 18 heavy (non-hydrogen) atoms. The lowest BCUT2D eigenvalue weighted by Crippen LogP contribution is -2.34. The Morgan fingerprint density at radius 2 is 2.11 bits per heavy atom. The van der Waals surface area contributed by atoms with Crippen molar-refractivity contribution in [2.45, 2.75) is 38.5 Å². The highest BCUT2D eigenvalue weighted by Gasteiger charge is 2.22. The second kappa shape index (κ2) is 5.41. The van der Waals surface area contributed by atoms with E-state index in [2.05, 4.69) is 10.3 Å². The van der Waals surface area contributed by atoms with Gasteiger partial charge in [-0.3, -0.25) is 0 Å². The molecular weight excluding hydrogens is 255 g/mol. The van der Waals surface area contributed by atoms with Crippen LogP contribution in [0.5, 0.6) is 5.88 Å². The third kappa shape index (κ3) is 3.33. The van der Waals surface area contributed by atoms with Gasteiger partial charge in [0.15, 0.2) is 0 Å². The Morgan fingerprint density at radius 1 is 1.44 bits per heavy atom. The lowest BCUT2D eigenvalue weighted by Gasteiger charge is -2.24. The first-order chi connectivity index (χ1) is 8.47. The van der Waals surface area contributed by atoms with E-state index in [1.165, 1.54) is 20.0 Å². The summed E-state index contributed by atoms with van der Waals surface area (Å²) in [5, 5.41) is 3.63. The molecule has 3 nitrogen and oxygen atoms in total. The van der Waals surface area contributed by atoms with Crippen LogP contribution in [0.15, 0.2) is 12.3 Å². The summed E-state index contributed by atoms with van der Waals surface area (Å²) in [5.74, 6) is 0.400. The average molecular weight is 273 g/mol. The molecule has 5 heteroatoms. The topological polar surface area (TPSA) is 34.1 Å². The minimum Gasteiger partial charge on any atom is -0.473 e. The van der Waals surface area contributed by atoms with E-state index >= 15 is 0 Å². The van der Waals surface area contributed by atoms with E-state index in [-0.39, 0.29) is 6.10 Å². The zero-order chi connectivity index (χ0) is 13.2. The van der Waals surface area contributed by atoms with Crippen molar-refractivity contribution in [2.75, 3.05) is 13.1 Å². The Hall–Kier alpha value is -0.870. The van der Waals surface area contributed by atoms with Crippen LogP contribution in [0.4, 0.5) is 4.39 Å². The Balaban J connectivity index is 2.09. The molecule has 0 saturated carbocycles. The number of hydrogen-bond acceptors (Lipinski definition) is 3. The molecule has 1 N–H and O–H groups in total. The van der Waals surface area contributed by atoms with Crippen molar-refractivity contribution in [3.63, 3.8) is 0 Å². The number of alkyl halides is 1. The summed E-state index contributed by atoms with van der Waals surface area (Å²) in [6.07, 6.45) is 3.51. The van der Waals surface area contributed by atoms with Gasteiger partial charge in [0.2, 0.25) is 5.88 Å². The summed E-state index contributed by atoms with van der Waals surface area (Å²) in [6.45, 7) is 4.84. The van der Waals surface area contributed by atoms with Gasteiger partial charge in [-0.15, -0.1) is 0 Å². The third-order valence-electron chi connectivity index (χ3n) is 3.06. The first kappa shape index (κ1) is 13.6. The fraction of sp³-hybridized carbons (Fsp3) is 0.615. The molecule has 0 atom stereocenters. The van der Waals surface area contributed by atoms with E-state index in [0.717, 1.165) is 25.9 Å². The Labute approximate surface area is 112 Å². The van der Waals surface area contributed by atoms with Crippen molar-refractivity contribution in [3.05, 3.63) is 22.8 Å². The molecule has 0 unspecified atom stereocenters. The summed E-state index contributed by atoms with van der Waals surface area (Å²) < 4.78 is 19.5. The molecule has 1 saturated heterocycles. The van der Waals surface area contributed by atoms with Gasteiger partial charge in [-0.25, -0.2) is 9.37 Å². The van der Waals surface area contributed by atoms with E-state index in [9.17, 15) is 4.39 Å². The highest BCUT2D eigenvalue weighted by atomic mass is 35.5. The molecule has 2 rings (SSSR count). The second-order valence-electron chi connectivity index (χ2n) is 5.05. The molecule has 0 spiro atoms. The van der Waals surface area contributed by atoms with Crippen molar-refractivity contribution in [3.8, 4) is 5.88 Å². The molecule has 0 bridgehead atoms. The maximum Gasteiger partial charge on any atom is 0.232 e. The van der Waals surface area contributed by atoms with Gasteiger partial charge in [-0.2, -0.15) is 0 Å². The van der Waals surface area contributed by atoms with Gasteiger partial charge < -0.3 is 10.1 Å². The molecule has 1 aromatic rings. The van der Waals surface area contributed by atoms with Gasteiger partial charge in [0.25, 0.3) is 0 Å². The summed E-state index contributed by atoms with van der Waals surface area (Å²) >= 11 is 6.08. The maximum absolute atomic E-state index is 13.7. The monoisotopic (exact) mass is 272 g/mol. The number of nitrogens with one attached hydrogen (secondary N) is 1. The summed E-state index contributed by atoms with van der Waals surface area (Å²) in [4.78, 5) is 4.12. The van der Waals surface area contributed by atoms with Gasteiger partial charge >= 0.3 is 0 Å². The maximum atomic E-state index is 13.7. The molecule has 2 heterocycles. The van der Waals surface area contributed by atoms with Crippen LogP contribution in [0.2, 0.25) is 5.02 Å². The SMILES string of the molecule is CC(C)(F)c1cnc(OC2CCNCC2)c(Cl)c1. The Kier molecular flexibility index (Phi) is 4.07. The zero-order valence-corrected chi connectivity index (χ0v) is 11.4. The number of rotatable bonds is 3. The highest BCUT2D eigenvalue weighted by molar-refractivity contribution is 6.31. The molecule has 0 aliphatic carbocycles. The number of piperidine rings is 1. The van der Waals surface area contributed by atoms with Crippen molar-refractivity contribution in [1.82, 2.24) is 10.3 Å². The number of halogens is 2. The minimum absolute atomic E-state index is 0.139. The smallest absolute Gasteiger partial charge is 0.232 e. The molecule has 1 aliphatic heterocycles. The fourth-order valence-corrected chi connectivity index (χ4v) is 2.12. The van der Waals surface area contributed by atoms with Gasteiger partial charge in [-0.1, -0.05) is 11.6 Å². The lowest BCUT2D eigenvalue weighted by molar-refractivity contribution is 0.155. The zero-order valence-electron chi connectivity index (χ0n) is 10.7. The normalized spacial score (nSPS) is 17.8. The van der Waals surface area contributed by atoms with Crippen LogP contribution in [-0.2, 0) is 5.67 Å². The van der Waals surface area contributed by atoms with Crippen molar-refractivity contribution in [1.29, 1.82) is 0 Å². The van der Waals surface area contributed by atoms with E-state index in [1.807, 2.05) is 0 Å². The molecule has 0 amide bonds. The van der Waals surface area contributed by atoms with E-state index in [0.29, 0.717) is 16.5 Å². The molecule has 1 fully saturated rings. The molecule has 1 aromatic heterocycles.